The minimum atomic E-state index is -0.522. The smallest absolute Gasteiger partial charge is 0.306 e. The molecule has 2 rings (SSSR count). The van der Waals surface area contributed by atoms with Crippen LogP contribution in [0.3, 0.4) is 0 Å². The minimum absolute atomic E-state index is 0.196. The van der Waals surface area contributed by atoms with Gasteiger partial charge in [-0.1, -0.05) is 32.0 Å². The van der Waals surface area contributed by atoms with E-state index in [0.29, 0.717) is 30.3 Å². The van der Waals surface area contributed by atoms with Crippen molar-refractivity contribution in [2.45, 2.75) is 59.6 Å². The van der Waals surface area contributed by atoms with E-state index in [1.165, 1.54) is 9.58 Å². The molecule has 29 heavy (non-hydrogen) atoms. The van der Waals surface area contributed by atoms with Gasteiger partial charge in [0.15, 0.2) is 5.69 Å². The molecule has 0 radical (unpaired) electrons. The van der Waals surface area contributed by atoms with E-state index in [1.807, 2.05) is 34.6 Å². The topological polar surface area (TPSA) is 81.5 Å². The van der Waals surface area contributed by atoms with Crippen LogP contribution >= 0.6 is 0 Å². The Balaban J connectivity index is 2.20. The van der Waals surface area contributed by atoms with Crippen molar-refractivity contribution < 1.29 is 14.3 Å². The van der Waals surface area contributed by atoms with E-state index in [1.54, 1.807) is 31.3 Å². The van der Waals surface area contributed by atoms with Crippen LogP contribution in [-0.4, -0.2) is 45.8 Å². The molecule has 0 spiro atoms. The predicted octanol–water partition coefficient (Wildman–Crippen LogP) is 3.25. The third-order valence-electron chi connectivity index (χ3n) is 4.25. The summed E-state index contributed by atoms with van der Waals surface area (Å²) in [4.78, 5) is 39.1. The Bertz CT molecular complexity index is 941. The summed E-state index contributed by atoms with van der Waals surface area (Å²) in [5.41, 5.74) is -0.467. The summed E-state index contributed by atoms with van der Waals surface area (Å²) in [5.74, 6) is -0.342. The van der Waals surface area contributed by atoms with Crippen molar-refractivity contribution in [1.82, 2.24) is 14.7 Å². The highest BCUT2D eigenvalue weighted by atomic mass is 16.6. The lowest BCUT2D eigenvalue weighted by molar-refractivity contribution is -0.154. The number of esters is 1. The van der Waals surface area contributed by atoms with Crippen LogP contribution in [0.15, 0.2) is 29.1 Å². The zero-order chi connectivity index (χ0) is 21.8. The fourth-order valence-corrected chi connectivity index (χ4v) is 3.00. The average Bonchev–Trinajstić information content (AvgIpc) is 2.61. The maximum Gasteiger partial charge on any atom is 0.306 e. The fraction of sp³-hybridized carbons (Fsp3) is 0.545. The lowest BCUT2D eigenvalue weighted by Crippen LogP contribution is -2.33. The lowest BCUT2D eigenvalue weighted by atomic mass is 10.1. The predicted molar refractivity (Wildman–Crippen MR) is 113 cm³/mol. The van der Waals surface area contributed by atoms with Crippen molar-refractivity contribution in [3.63, 3.8) is 0 Å². The molecule has 0 fully saturated rings. The van der Waals surface area contributed by atoms with Crippen LogP contribution in [0.4, 0.5) is 0 Å². The normalized spacial score (nSPS) is 11.7. The second-order valence-electron chi connectivity index (χ2n) is 8.69. The monoisotopic (exact) mass is 401 g/mol. The number of nitrogens with zero attached hydrogens (tertiary/aromatic N) is 3. The Morgan fingerprint density at radius 2 is 1.79 bits per heavy atom. The van der Waals surface area contributed by atoms with Crippen LogP contribution < -0.4 is 5.56 Å². The van der Waals surface area contributed by atoms with Crippen molar-refractivity contribution in [1.29, 1.82) is 0 Å². The Hall–Kier alpha value is -2.70. The molecule has 0 unspecified atom stereocenters. The van der Waals surface area contributed by atoms with Gasteiger partial charge in [0.2, 0.25) is 0 Å². The lowest BCUT2D eigenvalue weighted by Gasteiger charge is -2.21. The molecule has 0 N–H and O–H groups in total. The van der Waals surface area contributed by atoms with Gasteiger partial charge in [-0.05, 0) is 39.2 Å². The van der Waals surface area contributed by atoms with Gasteiger partial charge in [-0.3, -0.25) is 14.4 Å². The van der Waals surface area contributed by atoms with Crippen molar-refractivity contribution in [2.75, 3.05) is 13.6 Å². The summed E-state index contributed by atoms with van der Waals surface area (Å²) >= 11 is 0. The second kappa shape index (κ2) is 9.20. The van der Waals surface area contributed by atoms with Crippen molar-refractivity contribution >= 4 is 22.6 Å². The summed E-state index contributed by atoms with van der Waals surface area (Å²) in [5, 5.41) is 5.40. The van der Waals surface area contributed by atoms with E-state index in [2.05, 4.69) is 5.10 Å². The van der Waals surface area contributed by atoms with Crippen molar-refractivity contribution in [3.05, 3.63) is 40.3 Å². The van der Waals surface area contributed by atoms with Crippen LogP contribution in [-0.2, 0) is 16.1 Å². The summed E-state index contributed by atoms with van der Waals surface area (Å²) in [6.45, 7) is 10.3. The van der Waals surface area contributed by atoms with Gasteiger partial charge in [0.25, 0.3) is 11.5 Å². The van der Waals surface area contributed by atoms with E-state index < -0.39 is 5.60 Å². The Morgan fingerprint density at radius 3 is 2.38 bits per heavy atom. The fourth-order valence-electron chi connectivity index (χ4n) is 3.00. The number of fused-ring (bicyclic) bond motifs is 1. The number of carbonyl (C=O) groups excluding carboxylic acids is 2. The van der Waals surface area contributed by atoms with Crippen LogP contribution in [0.2, 0.25) is 0 Å². The molecular weight excluding hydrogens is 370 g/mol. The molecule has 0 saturated heterocycles. The van der Waals surface area contributed by atoms with Crippen LogP contribution in [0, 0.1) is 5.92 Å². The molecule has 0 aliphatic heterocycles. The van der Waals surface area contributed by atoms with E-state index in [9.17, 15) is 14.4 Å². The summed E-state index contributed by atoms with van der Waals surface area (Å²) in [6, 6.07) is 7.03. The van der Waals surface area contributed by atoms with Gasteiger partial charge in [-0.15, -0.1) is 0 Å². The first kappa shape index (κ1) is 22.6. The maximum atomic E-state index is 13.0. The largest absolute Gasteiger partial charge is 0.460 e. The SMILES string of the molecule is CC(C)Cn1nc(C(=O)N(C)CCCC(=O)OC(C)(C)C)c2ccccc2c1=O. The van der Waals surface area contributed by atoms with Crippen LogP contribution in [0.1, 0.15) is 57.9 Å². The molecule has 0 saturated carbocycles. The van der Waals surface area contributed by atoms with Crippen molar-refractivity contribution in [3.8, 4) is 0 Å². The van der Waals surface area contributed by atoms with E-state index in [4.69, 9.17) is 4.74 Å². The number of ether oxygens (including phenoxy) is 1. The first-order valence-corrected chi connectivity index (χ1v) is 9.96. The third kappa shape index (κ3) is 6.14. The molecule has 1 aromatic heterocycles. The summed E-state index contributed by atoms with van der Waals surface area (Å²) < 4.78 is 6.67. The molecule has 2 aromatic rings. The number of hydrogen-bond donors (Lipinski definition) is 0. The highest BCUT2D eigenvalue weighted by molar-refractivity contribution is 6.04. The molecule has 0 atom stereocenters. The molecule has 1 heterocycles. The van der Waals surface area contributed by atoms with E-state index in [-0.39, 0.29) is 35.5 Å². The van der Waals surface area contributed by atoms with Gasteiger partial charge in [0.1, 0.15) is 5.60 Å². The van der Waals surface area contributed by atoms with E-state index >= 15 is 0 Å². The molecule has 7 nitrogen and oxygen atoms in total. The second-order valence-corrected chi connectivity index (χ2v) is 8.69. The number of carbonyl (C=O) groups is 2. The number of benzene rings is 1. The highest BCUT2D eigenvalue weighted by Crippen LogP contribution is 2.16. The number of aromatic nitrogens is 2. The first-order chi connectivity index (χ1) is 13.5. The molecule has 0 aliphatic rings. The van der Waals surface area contributed by atoms with Crippen LogP contribution in [0.5, 0.6) is 0 Å². The average molecular weight is 402 g/mol. The van der Waals surface area contributed by atoms with E-state index in [0.717, 1.165) is 0 Å². The quantitative estimate of drug-likeness (QED) is 0.665. The Kier molecular flexibility index (Phi) is 7.16. The van der Waals surface area contributed by atoms with Gasteiger partial charge in [-0.25, -0.2) is 4.68 Å². The molecule has 0 aliphatic carbocycles. The standard InChI is InChI=1S/C22H31N3O4/c1-15(2)14-25-20(27)17-11-8-7-10-16(17)19(23-25)21(28)24(6)13-9-12-18(26)29-22(3,4)5/h7-8,10-11,15H,9,12-14H2,1-6H3. The summed E-state index contributed by atoms with van der Waals surface area (Å²) in [7, 11) is 1.67. The van der Waals surface area contributed by atoms with Gasteiger partial charge < -0.3 is 9.64 Å². The van der Waals surface area contributed by atoms with Gasteiger partial charge in [0, 0.05) is 31.9 Å². The molecule has 0 bridgehead atoms. The molecule has 1 amide bonds. The molecular formula is C22H31N3O4. The number of rotatable bonds is 7. The highest BCUT2D eigenvalue weighted by Gasteiger charge is 2.21. The Morgan fingerprint density at radius 1 is 1.17 bits per heavy atom. The Labute approximate surface area is 171 Å². The first-order valence-electron chi connectivity index (χ1n) is 9.96. The zero-order valence-corrected chi connectivity index (χ0v) is 18.2. The van der Waals surface area contributed by atoms with Gasteiger partial charge in [-0.2, -0.15) is 5.10 Å². The van der Waals surface area contributed by atoms with Crippen molar-refractivity contribution in [2.24, 2.45) is 5.92 Å². The van der Waals surface area contributed by atoms with Gasteiger partial charge >= 0.3 is 5.97 Å². The van der Waals surface area contributed by atoms with Crippen LogP contribution in [0.25, 0.3) is 10.8 Å². The number of hydrogen-bond acceptors (Lipinski definition) is 5. The molecule has 1 aromatic carbocycles. The maximum absolute atomic E-state index is 13.0. The molecule has 158 valence electrons. The number of amides is 1. The summed E-state index contributed by atoms with van der Waals surface area (Å²) in [6.07, 6.45) is 0.719. The zero-order valence-electron chi connectivity index (χ0n) is 18.2. The third-order valence-corrected chi connectivity index (χ3v) is 4.25. The van der Waals surface area contributed by atoms with Gasteiger partial charge in [0.05, 0.1) is 5.39 Å². The molecule has 7 heteroatoms. The minimum Gasteiger partial charge on any atom is -0.460 e.